The summed E-state index contributed by atoms with van der Waals surface area (Å²) in [5.74, 6) is -0.660. The molecule has 1 atom stereocenters. The van der Waals surface area contributed by atoms with Crippen LogP contribution in [0.4, 0.5) is 8.78 Å². The number of unbranched alkanes of at least 4 members (excludes halogenated alkanes) is 3. The van der Waals surface area contributed by atoms with Crippen LogP contribution in [0.2, 0.25) is 0 Å². The summed E-state index contributed by atoms with van der Waals surface area (Å²) >= 11 is 0. The van der Waals surface area contributed by atoms with Gasteiger partial charge in [0.15, 0.2) is 0 Å². The summed E-state index contributed by atoms with van der Waals surface area (Å²) < 4.78 is 37.2. The van der Waals surface area contributed by atoms with Crippen LogP contribution in [-0.4, -0.2) is 31.0 Å². The van der Waals surface area contributed by atoms with E-state index in [1.54, 1.807) is 4.57 Å². The van der Waals surface area contributed by atoms with Crippen molar-refractivity contribution in [2.24, 2.45) is 0 Å². The SMILES string of the molecule is CCCCCCOc1ccc(C=Cc2ccn(CC(O)(Cn3cncn3)c3ccc(F)cc3F)c2)cc1. The average Bonchev–Trinajstić information content (AvgIpc) is 3.55. The summed E-state index contributed by atoms with van der Waals surface area (Å²) in [7, 11) is 0. The molecular weight excluding hydrogens is 474 g/mol. The lowest BCUT2D eigenvalue weighted by atomic mass is 9.92. The summed E-state index contributed by atoms with van der Waals surface area (Å²) in [6.45, 7) is 2.91. The third-order valence-electron chi connectivity index (χ3n) is 6.16. The second kappa shape index (κ2) is 12.5. The van der Waals surface area contributed by atoms with Crippen LogP contribution >= 0.6 is 0 Å². The van der Waals surface area contributed by atoms with E-state index in [4.69, 9.17) is 4.74 Å². The van der Waals surface area contributed by atoms with E-state index in [-0.39, 0.29) is 18.7 Å². The van der Waals surface area contributed by atoms with Crippen LogP contribution in [0.3, 0.4) is 0 Å². The second-order valence-electron chi connectivity index (χ2n) is 9.18. The quantitative estimate of drug-likeness (QED) is 0.223. The fourth-order valence-corrected chi connectivity index (χ4v) is 4.21. The van der Waals surface area contributed by atoms with Crippen molar-refractivity contribution in [1.29, 1.82) is 0 Å². The van der Waals surface area contributed by atoms with Crippen LogP contribution in [0, 0.1) is 11.6 Å². The third kappa shape index (κ3) is 7.36. The summed E-state index contributed by atoms with van der Waals surface area (Å²) in [4.78, 5) is 3.89. The Balaban J connectivity index is 1.42. The van der Waals surface area contributed by atoms with Gasteiger partial charge in [-0.1, -0.05) is 56.5 Å². The largest absolute Gasteiger partial charge is 0.494 e. The zero-order valence-corrected chi connectivity index (χ0v) is 20.9. The number of aromatic nitrogens is 4. The molecule has 0 aliphatic carbocycles. The van der Waals surface area contributed by atoms with Gasteiger partial charge in [-0.25, -0.2) is 18.4 Å². The van der Waals surface area contributed by atoms with E-state index in [0.717, 1.165) is 42.0 Å². The van der Waals surface area contributed by atoms with Gasteiger partial charge in [-0.2, -0.15) is 5.10 Å². The molecule has 0 bridgehead atoms. The van der Waals surface area contributed by atoms with Gasteiger partial charge in [-0.05, 0) is 41.8 Å². The first-order chi connectivity index (χ1) is 17.9. The number of nitrogens with zero attached hydrogens (tertiary/aromatic N) is 4. The van der Waals surface area contributed by atoms with E-state index in [0.29, 0.717) is 0 Å². The Hall–Kier alpha value is -3.78. The molecule has 4 rings (SSSR count). The number of ether oxygens (including phenoxy) is 1. The third-order valence-corrected chi connectivity index (χ3v) is 6.16. The lowest BCUT2D eigenvalue weighted by molar-refractivity contribution is -0.00534. The number of rotatable bonds is 13. The van der Waals surface area contributed by atoms with Crippen LogP contribution in [-0.2, 0) is 18.7 Å². The Morgan fingerprint density at radius 2 is 1.78 bits per heavy atom. The standard InChI is InChI=1S/C29H32F2N4O2/c1-2-3-4-5-16-37-26-11-8-23(9-12-26)6-7-24-14-15-34(18-24)19-29(36,20-35-22-32-21-33-35)27-13-10-25(30)17-28(27)31/h6-15,17-18,21-22,36H,2-5,16,19-20H2,1H3. The number of benzene rings is 2. The minimum atomic E-state index is -1.68. The second-order valence-corrected chi connectivity index (χ2v) is 9.18. The molecule has 6 nitrogen and oxygen atoms in total. The van der Waals surface area contributed by atoms with E-state index < -0.39 is 17.2 Å². The molecule has 0 spiro atoms. The summed E-state index contributed by atoms with van der Waals surface area (Å²) in [5, 5.41) is 15.6. The molecule has 0 saturated carbocycles. The molecule has 0 amide bonds. The van der Waals surface area contributed by atoms with Gasteiger partial charge in [0.25, 0.3) is 0 Å². The highest BCUT2D eigenvalue weighted by atomic mass is 19.1. The molecule has 0 saturated heterocycles. The topological polar surface area (TPSA) is 65.1 Å². The molecule has 2 aromatic carbocycles. The van der Waals surface area contributed by atoms with E-state index >= 15 is 0 Å². The van der Waals surface area contributed by atoms with Crippen LogP contribution < -0.4 is 4.74 Å². The molecule has 0 aliphatic rings. The predicted octanol–water partition coefficient (Wildman–Crippen LogP) is 6.08. The Morgan fingerprint density at radius 1 is 0.973 bits per heavy atom. The summed E-state index contributed by atoms with van der Waals surface area (Å²) in [6.07, 6.45) is 15.1. The van der Waals surface area contributed by atoms with E-state index in [1.165, 1.54) is 42.7 Å². The number of halogens is 2. The molecule has 2 aromatic heterocycles. The van der Waals surface area contributed by atoms with Gasteiger partial charge in [0, 0.05) is 24.0 Å². The van der Waals surface area contributed by atoms with Crippen LogP contribution in [0.25, 0.3) is 12.2 Å². The predicted molar refractivity (Wildman–Crippen MR) is 140 cm³/mol. The minimum Gasteiger partial charge on any atom is -0.494 e. The van der Waals surface area contributed by atoms with Gasteiger partial charge in [-0.15, -0.1) is 0 Å². The van der Waals surface area contributed by atoms with E-state index in [1.807, 2.05) is 54.9 Å². The first kappa shape index (κ1) is 26.3. The lowest BCUT2D eigenvalue weighted by Crippen LogP contribution is -2.37. The fourth-order valence-electron chi connectivity index (χ4n) is 4.21. The molecule has 37 heavy (non-hydrogen) atoms. The highest BCUT2D eigenvalue weighted by Gasteiger charge is 2.34. The molecule has 0 radical (unpaired) electrons. The van der Waals surface area contributed by atoms with Crippen molar-refractivity contribution in [3.63, 3.8) is 0 Å². The summed E-state index contributed by atoms with van der Waals surface area (Å²) in [6, 6.07) is 13.0. The number of aliphatic hydroxyl groups is 1. The molecule has 194 valence electrons. The molecule has 1 unspecified atom stereocenters. The average molecular weight is 507 g/mol. The zero-order chi connectivity index (χ0) is 26.1. The van der Waals surface area contributed by atoms with Crippen molar-refractivity contribution in [1.82, 2.24) is 19.3 Å². The zero-order valence-electron chi connectivity index (χ0n) is 20.9. The van der Waals surface area contributed by atoms with Crippen molar-refractivity contribution >= 4 is 12.2 Å². The number of hydrogen-bond acceptors (Lipinski definition) is 4. The van der Waals surface area contributed by atoms with Crippen molar-refractivity contribution in [3.05, 3.63) is 102 Å². The Kier molecular flexibility index (Phi) is 8.85. The van der Waals surface area contributed by atoms with E-state index in [9.17, 15) is 13.9 Å². The maximum atomic E-state index is 14.7. The van der Waals surface area contributed by atoms with Gasteiger partial charge >= 0.3 is 0 Å². The Labute approximate surface area is 215 Å². The maximum absolute atomic E-state index is 14.7. The molecule has 4 aromatic rings. The normalized spacial score (nSPS) is 13.2. The molecule has 8 heteroatoms. The van der Waals surface area contributed by atoms with Crippen molar-refractivity contribution in [2.75, 3.05) is 6.61 Å². The van der Waals surface area contributed by atoms with Crippen molar-refractivity contribution in [3.8, 4) is 5.75 Å². The van der Waals surface area contributed by atoms with Gasteiger partial charge in [0.05, 0.1) is 19.7 Å². The van der Waals surface area contributed by atoms with E-state index in [2.05, 4.69) is 17.0 Å². The first-order valence-electron chi connectivity index (χ1n) is 12.5. The highest BCUT2D eigenvalue weighted by Crippen LogP contribution is 2.29. The highest BCUT2D eigenvalue weighted by molar-refractivity contribution is 5.69. The fraction of sp³-hybridized carbons (Fsp3) is 0.310. The van der Waals surface area contributed by atoms with Gasteiger partial charge in [0.1, 0.15) is 35.6 Å². The smallest absolute Gasteiger partial charge is 0.137 e. The molecule has 2 heterocycles. The Bertz CT molecular complexity index is 1290. The number of hydrogen-bond donors (Lipinski definition) is 1. The van der Waals surface area contributed by atoms with Crippen LogP contribution in [0.15, 0.2) is 73.6 Å². The lowest BCUT2D eigenvalue weighted by Gasteiger charge is -2.29. The molecule has 1 N–H and O–H groups in total. The first-order valence-corrected chi connectivity index (χ1v) is 12.5. The van der Waals surface area contributed by atoms with Crippen LogP contribution in [0.5, 0.6) is 5.75 Å². The summed E-state index contributed by atoms with van der Waals surface area (Å²) in [5.41, 5.74) is 0.252. The van der Waals surface area contributed by atoms with Crippen molar-refractivity contribution in [2.45, 2.75) is 51.3 Å². The molecule has 0 aliphatic heterocycles. The monoisotopic (exact) mass is 506 g/mol. The van der Waals surface area contributed by atoms with Crippen molar-refractivity contribution < 1.29 is 18.6 Å². The van der Waals surface area contributed by atoms with Gasteiger partial charge in [0.2, 0.25) is 0 Å². The molecule has 0 fully saturated rings. The van der Waals surface area contributed by atoms with Crippen LogP contribution in [0.1, 0.15) is 49.3 Å². The Morgan fingerprint density at radius 3 is 2.51 bits per heavy atom. The van der Waals surface area contributed by atoms with Gasteiger partial charge in [-0.3, -0.25) is 0 Å². The maximum Gasteiger partial charge on any atom is 0.137 e. The minimum absolute atomic E-state index is 0.0112. The molecular formula is C29H32F2N4O2. The van der Waals surface area contributed by atoms with Gasteiger partial charge < -0.3 is 14.4 Å².